The van der Waals surface area contributed by atoms with Crippen molar-refractivity contribution in [3.63, 3.8) is 0 Å². The second-order valence-electron chi connectivity index (χ2n) is 3.30. The fourth-order valence-corrected chi connectivity index (χ4v) is 1.27. The average Bonchev–Trinajstić information content (AvgIpc) is 2.30. The van der Waals surface area contributed by atoms with Gasteiger partial charge in [-0.05, 0) is 19.1 Å². The van der Waals surface area contributed by atoms with Crippen molar-refractivity contribution in [1.29, 1.82) is 0 Å². The summed E-state index contributed by atoms with van der Waals surface area (Å²) in [7, 11) is 1.61. The zero-order valence-corrected chi connectivity index (χ0v) is 9.86. The second kappa shape index (κ2) is 6.95. The summed E-state index contributed by atoms with van der Waals surface area (Å²) in [5, 5.41) is 0. The van der Waals surface area contributed by atoms with Crippen LogP contribution in [0.1, 0.15) is 13.3 Å². The zero-order valence-electron chi connectivity index (χ0n) is 9.86. The van der Waals surface area contributed by atoms with E-state index in [1.165, 1.54) is 0 Å². The Labute approximate surface area is 96.3 Å². The summed E-state index contributed by atoms with van der Waals surface area (Å²) in [4.78, 5) is 0. The van der Waals surface area contributed by atoms with Crippen LogP contribution in [0, 0.1) is 0 Å². The smallest absolute Gasteiger partial charge is 0.142 e. The predicted octanol–water partition coefficient (Wildman–Crippen LogP) is 2.08. The molecule has 0 aliphatic heterocycles. The molecule has 1 rings (SSSR count). The Balaban J connectivity index is 2.36. The molecule has 0 aromatic heterocycles. The van der Waals surface area contributed by atoms with Gasteiger partial charge in [-0.1, -0.05) is 0 Å². The van der Waals surface area contributed by atoms with Crippen molar-refractivity contribution in [2.45, 2.75) is 13.3 Å². The molecular weight excluding hydrogens is 206 g/mol. The lowest BCUT2D eigenvalue weighted by atomic mass is 10.3. The maximum atomic E-state index is 5.80. The van der Waals surface area contributed by atoms with E-state index in [1.54, 1.807) is 13.2 Å². The van der Waals surface area contributed by atoms with Crippen LogP contribution in [0.5, 0.6) is 11.5 Å². The Morgan fingerprint density at radius 1 is 1.25 bits per heavy atom. The third-order valence-corrected chi connectivity index (χ3v) is 2.11. The van der Waals surface area contributed by atoms with Gasteiger partial charge in [-0.15, -0.1) is 0 Å². The number of methoxy groups -OCH3 is 1. The van der Waals surface area contributed by atoms with E-state index in [1.807, 2.05) is 19.1 Å². The van der Waals surface area contributed by atoms with Crippen LogP contribution in [0.3, 0.4) is 0 Å². The van der Waals surface area contributed by atoms with Crippen LogP contribution in [-0.4, -0.2) is 26.9 Å². The van der Waals surface area contributed by atoms with Gasteiger partial charge in [0.2, 0.25) is 0 Å². The molecule has 16 heavy (non-hydrogen) atoms. The van der Waals surface area contributed by atoms with Crippen molar-refractivity contribution in [3.05, 3.63) is 18.2 Å². The standard InChI is InChI=1S/C12H19NO3/c1-3-15-7-4-8-16-12-6-5-10(14-2)9-11(12)13/h5-6,9H,3-4,7-8,13H2,1-2H3. The van der Waals surface area contributed by atoms with E-state index < -0.39 is 0 Å². The van der Waals surface area contributed by atoms with Crippen LogP contribution in [-0.2, 0) is 4.74 Å². The number of hydrogen-bond donors (Lipinski definition) is 1. The number of rotatable bonds is 7. The second-order valence-corrected chi connectivity index (χ2v) is 3.30. The summed E-state index contributed by atoms with van der Waals surface area (Å²) < 4.78 is 15.8. The molecule has 0 aliphatic carbocycles. The van der Waals surface area contributed by atoms with E-state index in [0.717, 1.165) is 18.8 Å². The number of benzene rings is 1. The molecule has 0 amide bonds. The van der Waals surface area contributed by atoms with Gasteiger partial charge in [-0.2, -0.15) is 0 Å². The first-order valence-corrected chi connectivity index (χ1v) is 5.42. The van der Waals surface area contributed by atoms with Gasteiger partial charge in [0.05, 0.1) is 19.4 Å². The van der Waals surface area contributed by atoms with E-state index in [-0.39, 0.29) is 0 Å². The monoisotopic (exact) mass is 225 g/mol. The van der Waals surface area contributed by atoms with Crippen molar-refractivity contribution in [1.82, 2.24) is 0 Å². The lowest BCUT2D eigenvalue weighted by Gasteiger charge is -2.09. The molecule has 2 N–H and O–H groups in total. The van der Waals surface area contributed by atoms with Gasteiger partial charge >= 0.3 is 0 Å². The molecule has 0 unspecified atom stereocenters. The highest BCUT2D eigenvalue weighted by molar-refractivity contribution is 5.56. The highest BCUT2D eigenvalue weighted by Gasteiger charge is 2.01. The first kappa shape index (κ1) is 12.6. The van der Waals surface area contributed by atoms with Crippen LogP contribution >= 0.6 is 0 Å². The summed E-state index contributed by atoms with van der Waals surface area (Å²) in [5.41, 5.74) is 6.39. The molecule has 0 fully saturated rings. The number of ether oxygens (including phenoxy) is 3. The number of anilines is 1. The van der Waals surface area contributed by atoms with Crippen molar-refractivity contribution in [3.8, 4) is 11.5 Å². The normalized spacial score (nSPS) is 10.1. The Morgan fingerprint density at radius 2 is 2.06 bits per heavy atom. The molecule has 90 valence electrons. The molecule has 0 atom stereocenters. The minimum atomic E-state index is 0.593. The van der Waals surface area contributed by atoms with Crippen molar-refractivity contribution >= 4 is 5.69 Å². The van der Waals surface area contributed by atoms with Gasteiger partial charge in [0.25, 0.3) is 0 Å². The lowest BCUT2D eigenvalue weighted by molar-refractivity contribution is 0.131. The first-order valence-electron chi connectivity index (χ1n) is 5.42. The largest absolute Gasteiger partial charge is 0.497 e. The predicted molar refractivity (Wildman–Crippen MR) is 64.0 cm³/mol. The van der Waals surface area contributed by atoms with E-state index in [2.05, 4.69) is 0 Å². The van der Waals surface area contributed by atoms with E-state index in [0.29, 0.717) is 24.7 Å². The lowest BCUT2D eigenvalue weighted by Crippen LogP contribution is -2.04. The van der Waals surface area contributed by atoms with Gasteiger partial charge in [-0.3, -0.25) is 0 Å². The molecule has 0 bridgehead atoms. The third-order valence-electron chi connectivity index (χ3n) is 2.11. The highest BCUT2D eigenvalue weighted by Crippen LogP contribution is 2.26. The van der Waals surface area contributed by atoms with Crippen LogP contribution in [0.15, 0.2) is 18.2 Å². The Kier molecular flexibility index (Phi) is 5.50. The number of nitrogens with two attached hydrogens (primary N) is 1. The zero-order chi connectivity index (χ0) is 11.8. The maximum absolute atomic E-state index is 5.80. The molecule has 1 aromatic carbocycles. The fraction of sp³-hybridized carbons (Fsp3) is 0.500. The van der Waals surface area contributed by atoms with Gasteiger partial charge in [0.15, 0.2) is 0 Å². The SMILES string of the molecule is CCOCCCOc1ccc(OC)cc1N. The summed E-state index contributed by atoms with van der Waals surface area (Å²) in [5.74, 6) is 1.43. The Morgan fingerprint density at radius 3 is 2.69 bits per heavy atom. The summed E-state index contributed by atoms with van der Waals surface area (Å²) >= 11 is 0. The number of hydrogen-bond acceptors (Lipinski definition) is 4. The Bertz CT molecular complexity index is 315. The van der Waals surface area contributed by atoms with Gasteiger partial charge < -0.3 is 19.9 Å². The molecule has 0 saturated heterocycles. The molecule has 0 saturated carbocycles. The van der Waals surface area contributed by atoms with Crippen LogP contribution < -0.4 is 15.2 Å². The minimum absolute atomic E-state index is 0.593. The van der Waals surface area contributed by atoms with E-state index >= 15 is 0 Å². The molecule has 4 nitrogen and oxygen atoms in total. The van der Waals surface area contributed by atoms with Gasteiger partial charge in [0, 0.05) is 25.7 Å². The van der Waals surface area contributed by atoms with Crippen LogP contribution in [0.4, 0.5) is 5.69 Å². The summed E-state index contributed by atoms with van der Waals surface area (Å²) in [6, 6.07) is 5.39. The maximum Gasteiger partial charge on any atom is 0.142 e. The average molecular weight is 225 g/mol. The molecule has 0 heterocycles. The Hall–Kier alpha value is -1.42. The van der Waals surface area contributed by atoms with Crippen molar-refractivity contribution in [2.24, 2.45) is 0 Å². The first-order chi connectivity index (χ1) is 7.77. The van der Waals surface area contributed by atoms with Crippen LogP contribution in [0.25, 0.3) is 0 Å². The van der Waals surface area contributed by atoms with Crippen LogP contribution in [0.2, 0.25) is 0 Å². The fourth-order valence-electron chi connectivity index (χ4n) is 1.27. The molecule has 4 heteroatoms. The molecule has 0 spiro atoms. The molecule has 0 aliphatic rings. The van der Waals surface area contributed by atoms with E-state index in [9.17, 15) is 0 Å². The van der Waals surface area contributed by atoms with Crippen molar-refractivity contribution in [2.75, 3.05) is 32.7 Å². The molecular formula is C12H19NO3. The highest BCUT2D eigenvalue weighted by atomic mass is 16.5. The quantitative estimate of drug-likeness (QED) is 0.570. The van der Waals surface area contributed by atoms with Gasteiger partial charge in [0.1, 0.15) is 11.5 Å². The molecule has 0 radical (unpaired) electrons. The van der Waals surface area contributed by atoms with Crippen molar-refractivity contribution < 1.29 is 14.2 Å². The van der Waals surface area contributed by atoms with Gasteiger partial charge in [-0.25, -0.2) is 0 Å². The summed E-state index contributed by atoms with van der Waals surface area (Å²) in [6.07, 6.45) is 0.860. The molecule has 1 aromatic rings. The number of nitrogen functional groups attached to an aromatic ring is 1. The topological polar surface area (TPSA) is 53.7 Å². The minimum Gasteiger partial charge on any atom is -0.497 e. The summed E-state index contributed by atoms with van der Waals surface area (Å²) in [6.45, 7) is 4.04. The van der Waals surface area contributed by atoms with E-state index in [4.69, 9.17) is 19.9 Å². The third kappa shape index (κ3) is 3.98.